The van der Waals surface area contributed by atoms with Gasteiger partial charge in [-0.3, -0.25) is 9.59 Å². The second kappa shape index (κ2) is 4.78. The number of carbonyl (C=O) groups excluding carboxylic acids is 2. The molecule has 0 aromatic rings. The number of hydrogen-bond acceptors (Lipinski definition) is 3. The third-order valence-electron chi connectivity index (χ3n) is 3.87. The molecular formula is C14H25N3O2. The maximum Gasteiger partial charge on any atom is 0.238 e. The highest BCUT2D eigenvalue weighted by molar-refractivity contribution is 6.08. The molecule has 0 radical (unpaired) electrons. The summed E-state index contributed by atoms with van der Waals surface area (Å²) < 4.78 is 0. The predicted octanol–water partition coefficient (Wildman–Crippen LogP) is 0.455. The molecule has 2 amide bonds. The van der Waals surface area contributed by atoms with Gasteiger partial charge in [-0.15, -0.1) is 0 Å². The molecule has 1 saturated heterocycles. The van der Waals surface area contributed by atoms with Crippen LogP contribution in [0.4, 0.5) is 0 Å². The van der Waals surface area contributed by atoms with Gasteiger partial charge < -0.3 is 15.1 Å². The van der Waals surface area contributed by atoms with Crippen LogP contribution in [0.1, 0.15) is 33.6 Å². The minimum Gasteiger partial charge on any atom is -0.351 e. The van der Waals surface area contributed by atoms with Crippen molar-refractivity contribution in [2.45, 2.75) is 39.2 Å². The average Bonchev–Trinajstić information content (AvgIpc) is 3.08. The van der Waals surface area contributed by atoms with Crippen LogP contribution in [-0.4, -0.2) is 60.4 Å². The number of likely N-dealkylation sites (N-methyl/N-ethyl adjacent to an activating group) is 1. The molecule has 0 spiro atoms. The zero-order valence-corrected chi connectivity index (χ0v) is 12.5. The molecule has 0 aromatic heterocycles. The van der Waals surface area contributed by atoms with E-state index in [1.165, 1.54) is 0 Å². The lowest BCUT2D eigenvalue weighted by Gasteiger charge is -2.35. The van der Waals surface area contributed by atoms with Crippen molar-refractivity contribution in [3.63, 3.8) is 0 Å². The monoisotopic (exact) mass is 267 g/mol. The van der Waals surface area contributed by atoms with Crippen molar-refractivity contribution in [2.75, 3.05) is 33.2 Å². The number of piperazine rings is 1. The Labute approximate surface area is 115 Å². The van der Waals surface area contributed by atoms with Gasteiger partial charge in [0, 0.05) is 31.7 Å². The standard InChI is InChI=1S/C14H25N3O2/c1-13(2,3)15-11(18)14(5-6-14)12(19)17-9-7-16(4)8-10-17/h5-10H2,1-4H3,(H,15,18). The van der Waals surface area contributed by atoms with E-state index in [-0.39, 0.29) is 17.4 Å². The lowest BCUT2D eigenvalue weighted by atomic mass is 10.0. The molecule has 2 rings (SSSR count). The third kappa shape index (κ3) is 3.08. The van der Waals surface area contributed by atoms with Crippen LogP contribution in [0.25, 0.3) is 0 Å². The predicted molar refractivity (Wildman–Crippen MR) is 73.6 cm³/mol. The first kappa shape index (κ1) is 14.3. The Bertz CT molecular complexity index is 375. The molecule has 0 aromatic carbocycles. The van der Waals surface area contributed by atoms with E-state index in [1.807, 2.05) is 25.7 Å². The zero-order valence-electron chi connectivity index (χ0n) is 12.5. The second-order valence-corrected chi connectivity index (χ2v) is 6.88. The molecule has 19 heavy (non-hydrogen) atoms. The van der Waals surface area contributed by atoms with Gasteiger partial charge in [0.1, 0.15) is 5.41 Å². The molecule has 108 valence electrons. The van der Waals surface area contributed by atoms with E-state index >= 15 is 0 Å². The van der Waals surface area contributed by atoms with Crippen LogP contribution >= 0.6 is 0 Å². The summed E-state index contributed by atoms with van der Waals surface area (Å²) in [5.74, 6) is -0.0636. The molecular weight excluding hydrogens is 242 g/mol. The maximum absolute atomic E-state index is 12.6. The highest BCUT2D eigenvalue weighted by Crippen LogP contribution is 2.48. The summed E-state index contributed by atoms with van der Waals surface area (Å²) in [4.78, 5) is 28.9. The zero-order chi connectivity index (χ0) is 14.3. The van der Waals surface area contributed by atoms with Gasteiger partial charge in [-0.1, -0.05) is 0 Å². The molecule has 2 fully saturated rings. The highest BCUT2D eigenvalue weighted by atomic mass is 16.2. The summed E-state index contributed by atoms with van der Waals surface area (Å²) in [5.41, 5.74) is -1.04. The van der Waals surface area contributed by atoms with Crippen LogP contribution < -0.4 is 5.32 Å². The number of rotatable bonds is 2. The second-order valence-electron chi connectivity index (χ2n) is 6.88. The third-order valence-corrected chi connectivity index (χ3v) is 3.87. The minimum absolute atomic E-state index is 0.0300. The number of hydrogen-bond donors (Lipinski definition) is 1. The SMILES string of the molecule is CN1CCN(C(=O)C2(C(=O)NC(C)(C)C)CC2)CC1. The summed E-state index contributed by atoms with van der Waals surface area (Å²) in [6.07, 6.45) is 1.39. The molecule has 1 saturated carbocycles. The van der Waals surface area contributed by atoms with Crippen LogP contribution in [0.3, 0.4) is 0 Å². The van der Waals surface area contributed by atoms with Gasteiger partial charge in [0.15, 0.2) is 0 Å². The fourth-order valence-electron chi connectivity index (χ4n) is 2.44. The largest absolute Gasteiger partial charge is 0.351 e. The molecule has 0 atom stereocenters. The van der Waals surface area contributed by atoms with E-state index in [2.05, 4.69) is 17.3 Å². The first-order valence-corrected chi connectivity index (χ1v) is 7.05. The number of amides is 2. The van der Waals surface area contributed by atoms with Gasteiger partial charge in [-0.05, 0) is 40.7 Å². The smallest absolute Gasteiger partial charge is 0.238 e. The lowest BCUT2D eigenvalue weighted by Crippen LogP contribution is -2.54. The van der Waals surface area contributed by atoms with E-state index in [9.17, 15) is 9.59 Å². The average molecular weight is 267 g/mol. The van der Waals surface area contributed by atoms with Gasteiger partial charge in [-0.2, -0.15) is 0 Å². The van der Waals surface area contributed by atoms with Crippen molar-refractivity contribution in [3.05, 3.63) is 0 Å². The summed E-state index contributed by atoms with van der Waals surface area (Å²) in [6.45, 7) is 9.09. The molecule has 1 aliphatic carbocycles. The van der Waals surface area contributed by atoms with E-state index in [1.54, 1.807) is 0 Å². The van der Waals surface area contributed by atoms with Gasteiger partial charge in [0.05, 0.1) is 0 Å². The molecule has 0 bridgehead atoms. The molecule has 1 N–H and O–H groups in total. The molecule has 1 aliphatic heterocycles. The van der Waals surface area contributed by atoms with Crippen LogP contribution in [0.5, 0.6) is 0 Å². The van der Waals surface area contributed by atoms with Crippen LogP contribution in [0, 0.1) is 5.41 Å². The molecule has 1 heterocycles. The minimum atomic E-state index is -0.761. The molecule has 2 aliphatic rings. The molecule has 5 nitrogen and oxygen atoms in total. The number of nitrogens with one attached hydrogen (secondary N) is 1. The van der Waals surface area contributed by atoms with E-state index < -0.39 is 5.41 Å². The van der Waals surface area contributed by atoms with Crippen molar-refractivity contribution >= 4 is 11.8 Å². The summed E-state index contributed by atoms with van der Waals surface area (Å²) in [6, 6.07) is 0. The maximum atomic E-state index is 12.6. The van der Waals surface area contributed by atoms with Gasteiger partial charge in [0.2, 0.25) is 11.8 Å². The Hall–Kier alpha value is -1.10. The fraction of sp³-hybridized carbons (Fsp3) is 0.857. The Morgan fingerprint density at radius 1 is 1.05 bits per heavy atom. The number of carbonyl (C=O) groups is 2. The van der Waals surface area contributed by atoms with E-state index in [4.69, 9.17) is 0 Å². The van der Waals surface area contributed by atoms with Crippen LogP contribution in [-0.2, 0) is 9.59 Å². The Kier molecular flexibility index (Phi) is 3.60. The Morgan fingerprint density at radius 3 is 2.00 bits per heavy atom. The van der Waals surface area contributed by atoms with Crippen molar-refractivity contribution in [1.29, 1.82) is 0 Å². The van der Waals surface area contributed by atoms with Crippen molar-refractivity contribution in [1.82, 2.24) is 15.1 Å². The topological polar surface area (TPSA) is 52.7 Å². The normalized spacial score (nSPS) is 23.1. The fourth-order valence-corrected chi connectivity index (χ4v) is 2.44. The van der Waals surface area contributed by atoms with Gasteiger partial charge >= 0.3 is 0 Å². The number of nitrogens with zero attached hydrogens (tertiary/aromatic N) is 2. The van der Waals surface area contributed by atoms with Crippen molar-refractivity contribution < 1.29 is 9.59 Å². The lowest BCUT2D eigenvalue weighted by molar-refractivity contribution is -0.145. The van der Waals surface area contributed by atoms with E-state index in [0.29, 0.717) is 12.8 Å². The summed E-state index contributed by atoms with van der Waals surface area (Å²) in [7, 11) is 2.06. The molecule has 5 heteroatoms. The summed E-state index contributed by atoms with van der Waals surface area (Å²) in [5, 5.41) is 2.95. The summed E-state index contributed by atoms with van der Waals surface area (Å²) >= 11 is 0. The van der Waals surface area contributed by atoms with Crippen molar-refractivity contribution in [2.24, 2.45) is 5.41 Å². The van der Waals surface area contributed by atoms with Gasteiger partial charge in [0.25, 0.3) is 0 Å². The quantitative estimate of drug-likeness (QED) is 0.739. The highest BCUT2D eigenvalue weighted by Gasteiger charge is 2.58. The van der Waals surface area contributed by atoms with Crippen LogP contribution in [0.15, 0.2) is 0 Å². The Morgan fingerprint density at radius 2 is 1.58 bits per heavy atom. The van der Waals surface area contributed by atoms with Crippen molar-refractivity contribution in [3.8, 4) is 0 Å². The van der Waals surface area contributed by atoms with Crippen LogP contribution in [0.2, 0.25) is 0 Å². The van der Waals surface area contributed by atoms with Gasteiger partial charge in [-0.25, -0.2) is 0 Å². The first-order valence-electron chi connectivity index (χ1n) is 7.05. The Balaban J connectivity index is 2.00. The van der Waals surface area contributed by atoms with E-state index in [0.717, 1.165) is 26.2 Å². The molecule has 0 unspecified atom stereocenters. The first-order chi connectivity index (χ1) is 8.74.